The number of nitrogens with zero attached hydrogens (tertiary/aromatic N) is 1. The lowest BCUT2D eigenvalue weighted by Crippen LogP contribution is -2.09. The molecule has 20 heavy (non-hydrogen) atoms. The molecule has 0 unspecified atom stereocenters. The average molecular weight is 275 g/mol. The van der Waals surface area contributed by atoms with Crippen LogP contribution in [-0.4, -0.2) is 17.7 Å². The number of hydrogen-bond donors (Lipinski definition) is 0. The molecule has 0 atom stereocenters. The molecule has 0 aliphatic rings. The Morgan fingerprint density at radius 2 is 1.45 bits per heavy atom. The van der Waals surface area contributed by atoms with Crippen molar-refractivity contribution in [2.24, 2.45) is 0 Å². The highest BCUT2D eigenvalue weighted by molar-refractivity contribution is 6.08. The van der Waals surface area contributed by atoms with Crippen LogP contribution in [0.1, 0.15) is 37.0 Å². The molecule has 0 N–H and O–H groups in total. The van der Waals surface area contributed by atoms with E-state index in [1.165, 1.54) is 24.3 Å². The summed E-state index contributed by atoms with van der Waals surface area (Å²) in [5.74, 6) is -1.71. The zero-order chi connectivity index (χ0) is 15.1. The van der Waals surface area contributed by atoms with Gasteiger partial charge in [-0.2, -0.15) is 5.26 Å². The molecule has 1 aromatic rings. The van der Waals surface area contributed by atoms with E-state index in [4.69, 9.17) is 14.7 Å². The van der Waals surface area contributed by atoms with E-state index in [0.29, 0.717) is 0 Å². The number of esters is 2. The summed E-state index contributed by atoms with van der Waals surface area (Å²) in [6, 6.07) is 5.27. The van der Waals surface area contributed by atoms with Crippen molar-refractivity contribution in [2.75, 3.05) is 0 Å². The number of rotatable bonds is 5. The molecule has 0 aliphatic carbocycles. The first-order chi connectivity index (χ1) is 9.49. The largest absolute Gasteiger partial charge is 0.426 e. The normalized spacial score (nSPS) is 9.45. The standard InChI is InChI=1S/C14H13NO5/c1-3-13(17)19-10-5-9(12(16)8-15)6-11(7-10)20-14(18)4-2/h5-7H,3-4H2,1-2H3. The molecule has 6 heteroatoms. The lowest BCUT2D eigenvalue weighted by molar-refractivity contribution is -0.134. The Kier molecular flexibility index (Phi) is 5.42. The summed E-state index contributed by atoms with van der Waals surface area (Å²) in [4.78, 5) is 33.9. The monoisotopic (exact) mass is 275 g/mol. The Bertz CT molecular complexity index is 549. The quantitative estimate of drug-likeness (QED) is 0.353. The highest BCUT2D eigenvalue weighted by Gasteiger charge is 2.13. The summed E-state index contributed by atoms with van der Waals surface area (Å²) in [6.45, 7) is 3.23. The van der Waals surface area contributed by atoms with Crippen LogP contribution < -0.4 is 9.47 Å². The lowest BCUT2D eigenvalue weighted by Gasteiger charge is -2.08. The fraction of sp³-hybridized carbons (Fsp3) is 0.286. The molecule has 1 aromatic carbocycles. The van der Waals surface area contributed by atoms with Gasteiger partial charge in [0.05, 0.1) is 0 Å². The van der Waals surface area contributed by atoms with Crippen LogP contribution in [0.4, 0.5) is 0 Å². The smallest absolute Gasteiger partial charge is 0.310 e. The number of carbonyl (C=O) groups is 3. The summed E-state index contributed by atoms with van der Waals surface area (Å²) in [5, 5.41) is 8.61. The van der Waals surface area contributed by atoms with Crippen LogP contribution in [0.15, 0.2) is 18.2 Å². The second kappa shape index (κ2) is 7.04. The molecule has 0 bridgehead atoms. The SMILES string of the molecule is CCC(=O)Oc1cc(OC(=O)CC)cc(C(=O)C#N)c1. The van der Waals surface area contributed by atoms with Gasteiger partial charge in [-0.1, -0.05) is 13.8 Å². The van der Waals surface area contributed by atoms with Gasteiger partial charge < -0.3 is 9.47 Å². The number of benzene rings is 1. The Morgan fingerprint density at radius 1 is 1.00 bits per heavy atom. The van der Waals surface area contributed by atoms with Crippen LogP contribution in [0.3, 0.4) is 0 Å². The van der Waals surface area contributed by atoms with Crippen LogP contribution in [0, 0.1) is 11.3 Å². The van der Waals surface area contributed by atoms with Gasteiger partial charge in [0.15, 0.2) is 0 Å². The van der Waals surface area contributed by atoms with Crippen molar-refractivity contribution in [3.05, 3.63) is 23.8 Å². The second-order valence-corrected chi connectivity index (χ2v) is 3.79. The fourth-order valence-electron chi connectivity index (χ4n) is 1.29. The molecular weight excluding hydrogens is 262 g/mol. The summed E-state index contributed by atoms with van der Waals surface area (Å²) in [5.41, 5.74) is -0.00666. The fourth-order valence-corrected chi connectivity index (χ4v) is 1.29. The third-order valence-corrected chi connectivity index (χ3v) is 2.28. The van der Waals surface area contributed by atoms with Gasteiger partial charge in [-0.25, -0.2) is 0 Å². The third kappa shape index (κ3) is 4.21. The highest BCUT2D eigenvalue weighted by atomic mass is 16.5. The molecule has 0 radical (unpaired) electrons. The second-order valence-electron chi connectivity index (χ2n) is 3.79. The molecular formula is C14H13NO5. The molecule has 0 aliphatic heterocycles. The van der Waals surface area contributed by atoms with Gasteiger partial charge in [0.1, 0.15) is 17.6 Å². The predicted octanol–water partition coefficient (Wildman–Crippen LogP) is 2.02. The number of carbonyl (C=O) groups excluding carboxylic acids is 3. The first-order valence-electron chi connectivity index (χ1n) is 6.01. The van der Waals surface area contributed by atoms with E-state index in [9.17, 15) is 14.4 Å². The van der Waals surface area contributed by atoms with Crippen LogP contribution >= 0.6 is 0 Å². The molecule has 0 heterocycles. The van der Waals surface area contributed by atoms with Crippen molar-refractivity contribution in [3.8, 4) is 17.6 Å². The Hall–Kier alpha value is -2.68. The topological polar surface area (TPSA) is 93.5 Å². The Morgan fingerprint density at radius 3 is 1.80 bits per heavy atom. The van der Waals surface area contributed by atoms with Crippen molar-refractivity contribution < 1.29 is 23.9 Å². The summed E-state index contributed by atoms with van der Waals surface area (Å²) in [7, 11) is 0. The Balaban J connectivity index is 3.14. The average Bonchev–Trinajstić information content (AvgIpc) is 2.45. The zero-order valence-electron chi connectivity index (χ0n) is 11.1. The van der Waals surface area contributed by atoms with Gasteiger partial charge in [-0.05, 0) is 12.1 Å². The van der Waals surface area contributed by atoms with Gasteiger partial charge in [-0.15, -0.1) is 0 Å². The maximum absolute atomic E-state index is 11.4. The van der Waals surface area contributed by atoms with E-state index in [1.807, 2.05) is 0 Å². The minimum atomic E-state index is -0.812. The predicted molar refractivity (Wildman–Crippen MR) is 68.2 cm³/mol. The van der Waals surface area contributed by atoms with Crippen molar-refractivity contribution >= 4 is 17.7 Å². The van der Waals surface area contributed by atoms with Crippen LogP contribution in [0.5, 0.6) is 11.5 Å². The molecule has 6 nitrogen and oxygen atoms in total. The van der Waals surface area contributed by atoms with Gasteiger partial charge in [-0.3, -0.25) is 14.4 Å². The molecule has 0 amide bonds. The number of hydrogen-bond acceptors (Lipinski definition) is 6. The van der Waals surface area contributed by atoms with Gasteiger partial charge in [0, 0.05) is 24.5 Å². The zero-order valence-corrected chi connectivity index (χ0v) is 11.1. The van der Waals surface area contributed by atoms with E-state index in [1.54, 1.807) is 13.8 Å². The van der Waals surface area contributed by atoms with Crippen LogP contribution in [0.25, 0.3) is 0 Å². The molecule has 0 spiro atoms. The summed E-state index contributed by atoms with van der Waals surface area (Å²) in [6.07, 6.45) is 0.307. The highest BCUT2D eigenvalue weighted by Crippen LogP contribution is 2.24. The Labute approximate surface area is 115 Å². The first kappa shape index (κ1) is 15.4. The van der Waals surface area contributed by atoms with E-state index < -0.39 is 17.7 Å². The molecule has 0 saturated heterocycles. The molecule has 0 saturated carbocycles. The number of ether oxygens (including phenoxy) is 2. The first-order valence-corrected chi connectivity index (χ1v) is 6.01. The van der Waals surface area contributed by atoms with E-state index >= 15 is 0 Å². The van der Waals surface area contributed by atoms with Crippen LogP contribution in [-0.2, 0) is 9.59 Å². The summed E-state index contributed by atoms with van der Waals surface area (Å²) < 4.78 is 9.93. The molecule has 104 valence electrons. The number of Topliss-reactive ketones (excluding diaryl/α,β-unsaturated/α-hetero) is 1. The minimum absolute atomic E-state index is 0.00666. The van der Waals surface area contributed by atoms with Crippen molar-refractivity contribution in [1.29, 1.82) is 5.26 Å². The third-order valence-electron chi connectivity index (χ3n) is 2.28. The van der Waals surface area contributed by atoms with Crippen molar-refractivity contribution in [1.82, 2.24) is 0 Å². The molecule has 1 rings (SSSR count). The number of nitriles is 1. The lowest BCUT2D eigenvalue weighted by atomic mass is 10.1. The maximum atomic E-state index is 11.4. The maximum Gasteiger partial charge on any atom is 0.310 e. The van der Waals surface area contributed by atoms with Crippen LogP contribution in [0.2, 0.25) is 0 Å². The van der Waals surface area contributed by atoms with E-state index in [-0.39, 0.29) is 29.9 Å². The summed E-state index contributed by atoms with van der Waals surface area (Å²) >= 11 is 0. The van der Waals surface area contributed by atoms with Gasteiger partial charge in [0.25, 0.3) is 5.78 Å². The van der Waals surface area contributed by atoms with Crippen molar-refractivity contribution in [3.63, 3.8) is 0 Å². The molecule has 0 aromatic heterocycles. The van der Waals surface area contributed by atoms with E-state index in [2.05, 4.69) is 0 Å². The molecule has 0 fully saturated rings. The van der Waals surface area contributed by atoms with Crippen molar-refractivity contribution in [2.45, 2.75) is 26.7 Å². The minimum Gasteiger partial charge on any atom is -0.426 e. The van der Waals surface area contributed by atoms with E-state index in [0.717, 1.165) is 0 Å². The van der Waals surface area contributed by atoms with Gasteiger partial charge >= 0.3 is 11.9 Å². The number of ketones is 1. The van der Waals surface area contributed by atoms with Gasteiger partial charge in [0.2, 0.25) is 0 Å².